The molecule has 0 saturated carbocycles. The fraction of sp³-hybridized carbons (Fsp3) is 0.692. The monoisotopic (exact) mass is 238 g/mol. The second-order valence-corrected chi connectivity index (χ2v) is 5.00. The van der Waals surface area contributed by atoms with Gasteiger partial charge in [-0.25, -0.2) is 0 Å². The third kappa shape index (κ3) is 3.31. The molecule has 0 amide bonds. The molecule has 17 heavy (non-hydrogen) atoms. The van der Waals surface area contributed by atoms with E-state index in [2.05, 4.69) is 18.7 Å². The summed E-state index contributed by atoms with van der Waals surface area (Å²) in [4.78, 5) is 2.42. The highest BCUT2D eigenvalue weighted by Crippen LogP contribution is 2.14. The van der Waals surface area contributed by atoms with Crippen LogP contribution in [0.4, 0.5) is 0 Å². The van der Waals surface area contributed by atoms with E-state index in [4.69, 9.17) is 14.9 Å². The van der Waals surface area contributed by atoms with Gasteiger partial charge in [-0.1, -0.05) is 0 Å². The van der Waals surface area contributed by atoms with Crippen molar-refractivity contribution in [3.8, 4) is 0 Å². The van der Waals surface area contributed by atoms with Crippen LogP contribution in [0.25, 0.3) is 0 Å². The molecule has 4 nitrogen and oxygen atoms in total. The van der Waals surface area contributed by atoms with Crippen molar-refractivity contribution >= 4 is 0 Å². The summed E-state index contributed by atoms with van der Waals surface area (Å²) < 4.78 is 10.8. The average Bonchev–Trinajstić information content (AvgIpc) is 2.82. The van der Waals surface area contributed by atoms with Gasteiger partial charge in [0.1, 0.15) is 0 Å². The van der Waals surface area contributed by atoms with Crippen LogP contribution in [0, 0.1) is 0 Å². The topological polar surface area (TPSA) is 51.6 Å². The Morgan fingerprint density at radius 1 is 1.53 bits per heavy atom. The summed E-state index contributed by atoms with van der Waals surface area (Å²) in [5.41, 5.74) is 7.35. The van der Waals surface area contributed by atoms with Crippen LogP contribution in [0.1, 0.15) is 19.4 Å². The molecule has 2 unspecified atom stereocenters. The maximum absolute atomic E-state index is 6.21. The van der Waals surface area contributed by atoms with Gasteiger partial charge >= 0.3 is 0 Å². The average molecular weight is 238 g/mol. The molecule has 4 heteroatoms. The minimum atomic E-state index is 0.0362. The molecule has 2 rings (SSSR count). The van der Waals surface area contributed by atoms with Gasteiger partial charge in [-0.3, -0.25) is 4.90 Å². The maximum Gasteiger partial charge on any atom is 0.0935 e. The van der Waals surface area contributed by atoms with Crippen molar-refractivity contribution in [2.75, 3.05) is 19.7 Å². The summed E-state index contributed by atoms with van der Waals surface area (Å²) in [5, 5.41) is 0. The quantitative estimate of drug-likeness (QED) is 0.858. The molecule has 1 aliphatic heterocycles. The lowest BCUT2D eigenvalue weighted by Gasteiger charge is -2.37. The summed E-state index contributed by atoms with van der Waals surface area (Å²) in [6, 6.07) is 2.56. The molecule has 0 radical (unpaired) electrons. The van der Waals surface area contributed by atoms with E-state index in [9.17, 15) is 0 Å². The van der Waals surface area contributed by atoms with Gasteiger partial charge in [0.2, 0.25) is 0 Å². The molecular weight excluding hydrogens is 216 g/mol. The summed E-state index contributed by atoms with van der Waals surface area (Å²) in [7, 11) is 0. The van der Waals surface area contributed by atoms with Crippen molar-refractivity contribution in [3.05, 3.63) is 24.2 Å². The molecule has 96 valence electrons. The second kappa shape index (κ2) is 5.67. The van der Waals surface area contributed by atoms with Gasteiger partial charge in [-0.2, -0.15) is 0 Å². The zero-order chi connectivity index (χ0) is 12.3. The molecular formula is C13H22N2O2. The van der Waals surface area contributed by atoms with E-state index < -0.39 is 0 Å². The minimum Gasteiger partial charge on any atom is -0.472 e. The van der Waals surface area contributed by atoms with Crippen molar-refractivity contribution in [2.24, 2.45) is 5.73 Å². The SMILES string of the molecule is CC(C)N1CCOC(C(N)Cc2ccoc2)C1. The van der Waals surface area contributed by atoms with E-state index >= 15 is 0 Å². The van der Waals surface area contributed by atoms with Gasteiger partial charge in [0.05, 0.1) is 25.2 Å². The molecule has 1 aromatic heterocycles. The number of nitrogens with zero attached hydrogens (tertiary/aromatic N) is 1. The Hall–Kier alpha value is -0.840. The number of furan rings is 1. The molecule has 1 aromatic rings. The van der Waals surface area contributed by atoms with Gasteiger partial charge in [-0.05, 0) is 31.9 Å². The summed E-state index contributed by atoms with van der Waals surface area (Å²) in [6.45, 7) is 7.14. The highest BCUT2D eigenvalue weighted by Gasteiger charge is 2.27. The fourth-order valence-electron chi connectivity index (χ4n) is 2.24. The predicted octanol–water partition coefficient (Wildman–Crippen LogP) is 1.26. The Morgan fingerprint density at radius 2 is 2.35 bits per heavy atom. The number of hydrogen-bond donors (Lipinski definition) is 1. The van der Waals surface area contributed by atoms with Crippen LogP contribution in [0.15, 0.2) is 23.0 Å². The standard InChI is InChI=1S/C13H22N2O2/c1-10(2)15-4-6-17-13(8-15)12(14)7-11-3-5-16-9-11/h3,5,9-10,12-13H,4,6-8,14H2,1-2H3. The fourth-order valence-corrected chi connectivity index (χ4v) is 2.24. The molecule has 1 aliphatic rings. The Labute approximate surface area is 103 Å². The van der Waals surface area contributed by atoms with Crippen molar-refractivity contribution in [1.82, 2.24) is 4.90 Å². The Balaban J connectivity index is 1.88. The van der Waals surface area contributed by atoms with Crippen LogP contribution in [-0.4, -0.2) is 42.8 Å². The molecule has 2 atom stereocenters. The lowest BCUT2D eigenvalue weighted by Crippen LogP contribution is -2.53. The van der Waals surface area contributed by atoms with Crippen molar-refractivity contribution in [3.63, 3.8) is 0 Å². The van der Waals surface area contributed by atoms with Crippen molar-refractivity contribution in [1.29, 1.82) is 0 Å². The van der Waals surface area contributed by atoms with Gasteiger partial charge in [-0.15, -0.1) is 0 Å². The van der Waals surface area contributed by atoms with E-state index in [0.29, 0.717) is 6.04 Å². The summed E-state index contributed by atoms with van der Waals surface area (Å²) >= 11 is 0. The van der Waals surface area contributed by atoms with E-state index in [0.717, 1.165) is 31.7 Å². The smallest absolute Gasteiger partial charge is 0.0935 e. The Morgan fingerprint density at radius 3 is 3.00 bits per heavy atom. The first-order chi connectivity index (χ1) is 8.16. The van der Waals surface area contributed by atoms with Crippen LogP contribution in [0.2, 0.25) is 0 Å². The largest absolute Gasteiger partial charge is 0.472 e. The predicted molar refractivity (Wildman–Crippen MR) is 66.8 cm³/mol. The molecule has 1 saturated heterocycles. The van der Waals surface area contributed by atoms with Crippen LogP contribution < -0.4 is 5.73 Å². The molecule has 0 spiro atoms. The molecule has 0 aliphatic carbocycles. The molecule has 0 bridgehead atoms. The Kier molecular flexibility index (Phi) is 4.20. The zero-order valence-corrected chi connectivity index (χ0v) is 10.6. The number of hydrogen-bond acceptors (Lipinski definition) is 4. The highest BCUT2D eigenvalue weighted by molar-refractivity contribution is 5.08. The van der Waals surface area contributed by atoms with E-state index in [1.807, 2.05) is 6.07 Å². The molecule has 0 aromatic carbocycles. The van der Waals surface area contributed by atoms with E-state index in [1.54, 1.807) is 12.5 Å². The summed E-state index contributed by atoms with van der Waals surface area (Å²) in [6.07, 6.45) is 4.38. The number of rotatable bonds is 4. The second-order valence-electron chi connectivity index (χ2n) is 5.00. The van der Waals surface area contributed by atoms with Crippen LogP contribution >= 0.6 is 0 Å². The van der Waals surface area contributed by atoms with Crippen LogP contribution in [0.3, 0.4) is 0 Å². The minimum absolute atomic E-state index is 0.0362. The van der Waals surface area contributed by atoms with Gasteiger partial charge < -0.3 is 14.9 Å². The number of morpholine rings is 1. The van der Waals surface area contributed by atoms with E-state index in [1.165, 1.54) is 0 Å². The first-order valence-electron chi connectivity index (χ1n) is 6.29. The van der Waals surface area contributed by atoms with Gasteiger partial charge in [0, 0.05) is 25.2 Å². The molecule has 1 fully saturated rings. The highest BCUT2D eigenvalue weighted by atomic mass is 16.5. The first-order valence-corrected chi connectivity index (χ1v) is 6.29. The number of nitrogens with two attached hydrogens (primary N) is 1. The first kappa shape index (κ1) is 12.6. The van der Waals surface area contributed by atoms with Crippen LogP contribution in [0.5, 0.6) is 0 Å². The normalized spacial score (nSPS) is 24.1. The lowest BCUT2D eigenvalue weighted by atomic mass is 10.0. The van der Waals surface area contributed by atoms with Crippen LogP contribution in [-0.2, 0) is 11.2 Å². The van der Waals surface area contributed by atoms with Gasteiger partial charge in [0.15, 0.2) is 0 Å². The lowest BCUT2D eigenvalue weighted by molar-refractivity contribution is -0.0495. The molecule has 2 heterocycles. The zero-order valence-electron chi connectivity index (χ0n) is 10.6. The van der Waals surface area contributed by atoms with E-state index in [-0.39, 0.29) is 12.1 Å². The Bertz CT molecular complexity index is 324. The third-order valence-corrected chi connectivity index (χ3v) is 3.38. The van der Waals surface area contributed by atoms with Gasteiger partial charge in [0.25, 0.3) is 0 Å². The summed E-state index contributed by atoms with van der Waals surface area (Å²) in [5.74, 6) is 0. The third-order valence-electron chi connectivity index (χ3n) is 3.38. The number of ether oxygens (including phenoxy) is 1. The molecule has 2 N–H and O–H groups in total. The maximum atomic E-state index is 6.21. The van der Waals surface area contributed by atoms with Crippen molar-refractivity contribution in [2.45, 2.75) is 38.5 Å². The van der Waals surface area contributed by atoms with Crippen molar-refractivity contribution < 1.29 is 9.15 Å².